The summed E-state index contributed by atoms with van der Waals surface area (Å²) in [5.41, 5.74) is 0.968. The first kappa shape index (κ1) is 21.4. The fraction of sp³-hybridized carbons (Fsp3) is 0.636. The Labute approximate surface area is 174 Å². The minimum atomic E-state index is -0.318. The minimum absolute atomic E-state index is 0.0431. The molecule has 29 heavy (non-hydrogen) atoms. The zero-order valence-corrected chi connectivity index (χ0v) is 17.9. The first-order chi connectivity index (χ1) is 14.0. The normalized spacial score (nSPS) is 22.6. The Balaban J connectivity index is 1.49. The molecule has 160 valence electrons. The highest BCUT2D eigenvalue weighted by Gasteiger charge is 2.36. The number of likely N-dealkylation sites (tertiary alicyclic amines) is 1. The molecule has 1 aromatic carbocycles. The van der Waals surface area contributed by atoms with E-state index in [-0.39, 0.29) is 30.8 Å². The van der Waals surface area contributed by atoms with Crippen LogP contribution in [-0.2, 0) is 11.3 Å². The van der Waals surface area contributed by atoms with Gasteiger partial charge in [0.05, 0.1) is 0 Å². The molecule has 2 saturated heterocycles. The molecule has 2 fully saturated rings. The molecule has 2 heterocycles. The Bertz CT molecular complexity index is 666. The summed E-state index contributed by atoms with van der Waals surface area (Å²) in [7, 11) is 1.87. The lowest BCUT2D eigenvalue weighted by Gasteiger charge is -2.45. The molecule has 0 aromatic heterocycles. The van der Waals surface area contributed by atoms with E-state index >= 15 is 0 Å². The second kappa shape index (κ2) is 9.96. The summed E-state index contributed by atoms with van der Waals surface area (Å²) in [6.45, 7) is 9.18. The SMILES string of the molecule is C[C@H]1CN(C(=O)OCc2ccccc2)C[C@H](C)N1C(=O)N(C)CCN1CCCC1. The monoisotopic (exact) mass is 402 g/mol. The van der Waals surface area contributed by atoms with Crippen LogP contribution < -0.4 is 0 Å². The van der Waals surface area contributed by atoms with E-state index < -0.39 is 0 Å². The number of piperazine rings is 1. The second-order valence-corrected chi connectivity index (χ2v) is 8.30. The molecule has 2 aliphatic heterocycles. The van der Waals surface area contributed by atoms with Crippen molar-refractivity contribution in [3.63, 3.8) is 0 Å². The van der Waals surface area contributed by atoms with E-state index in [2.05, 4.69) is 4.90 Å². The van der Waals surface area contributed by atoms with Crippen molar-refractivity contribution in [1.29, 1.82) is 0 Å². The van der Waals surface area contributed by atoms with E-state index in [1.54, 1.807) is 4.90 Å². The number of hydrogen-bond donors (Lipinski definition) is 0. The lowest BCUT2D eigenvalue weighted by molar-refractivity contribution is 0.0338. The summed E-state index contributed by atoms with van der Waals surface area (Å²) in [6.07, 6.45) is 2.20. The van der Waals surface area contributed by atoms with Gasteiger partial charge in [-0.15, -0.1) is 0 Å². The summed E-state index contributed by atoms with van der Waals surface area (Å²) < 4.78 is 5.47. The van der Waals surface area contributed by atoms with Gasteiger partial charge in [-0.3, -0.25) is 0 Å². The van der Waals surface area contributed by atoms with Crippen molar-refractivity contribution >= 4 is 12.1 Å². The van der Waals surface area contributed by atoms with Crippen LogP contribution in [0, 0.1) is 0 Å². The lowest BCUT2D eigenvalue weighted by Crippen LogP contribution is -2.62. The van der Waals surface area contributed by atoms with Crippen molar-refractivity contribution in [2.45, 2.75) is 45.4 Å². The molecular weight excluding hydrogens is 368 g/mol. The summed E-state index contributed by atoms with van der Waals surface area (Å²) in [4.78, 5) is 33.4. The number of likely N-dealkylation sites (N-methyl/N-ethyl adjacent to an activating group) is 1. The first-order valence-corrected chi connectivity index (χ1v) is 10.7. The highest BCUT2D eigenvalue weighted by atomic mass is 16.6. The van der Waals surface area contributed by atoms with E-state index in [9.17, 15) is 9.59 Å². The Morgan fingerprint density at radius 1 is 1.07 bits per heavy atom. The Kier molecular flexibility index (Phi) is 7.36. The van der Waals surface area contributed by atoms with Crippen LogP contribution in [0.25, 0.3) is 0 Å². The maximum atomic E-state index is 13.0. The van der Waals surface area contributed by atoms with Gasteiger partial charge in [-0.25, -0.2) is 9.59 Å². The highest BCUT2D eigenvalue weighted by Crippen LogP contribution is 2.19. The highest BCUT2D eigenvalue weighted by molar-refractivity contribution is 5.76. The molecule has 1 aromatic rings. The maximum absolute atomic E-state index is 13.0. The van der Waals surface area contributed by atoms with Crippen LogP contribution >= 0.6 is 0 Å². The van der Waals surface area contributed by atoms with Gasteiger partial charge in [0.2, 0.25) is 0 Å². The zero-order chi connectivity index (χ0) is 20.8. The van der Waals surface area contributed by atoms with Crippen molar-refractivity contribution in [2.24, 2.45) is 0 Å². The average molecular weight is 403 g/mol. The van der Waals surface area contributed by atoms with Crippen LogP contribution in [-0.4, -0.2) is 90.1 Å². The molecule has 0 spiro atoms. The summed E-state index contributed by atoms with van der Waals surface area (Å²) in [5, 5.41) is 0. The zero-order valence-electron chi connectivity index (χ0n) is 17.9. The largest absolute Gasteiger partial charge is 0.445 e. The van der Waals surface area contributed by atoms with Gasteiger partial charge < -0.3 is 24.3 Å². The number of carbonyl (C=O) groups is 2. The van der Waals surface area contributed by atoms with Gasteiger partial charge >= 0.3 is 12.1 Å². The molecule has 2 aliphatic rings. The molecule has 7 nitrogen and oxygen atoms in total. The predicted octanol–water partition coefficient (Wildman–Crippen LogP) is 2.87. The van der Waals surface area contributed by atoms with Crippen molar-refractivity contribution in [3.05, 3.63) is 35.9 Å². The fourth-order valence-electron chi connectivity index (χ4n) is 4.25. The molecule has 7 heteroatoms. The van der Waals surface area contributed by atoms with E-state index in [1.807, 2.05) is 61.0 Å². The van der Waals surface area contributed by atoms with Gasteiger partial charge in [0, 0.05) is 45.3 Å². The van der Waals surface area contributed by atoms with E-state index in [1.165, 1.54) is 12.8 Å². The Morgan fingerprint density at radius 2 is 1.69 bits per heavy atom. The van der Waals surface area contributed by atoms with Crippen LogP contribution in [0.15, 0.2) is 30.3 Å². The van der Waals surface area contributed by atoms with Gasteiger partial charge in [-0.05, 0) is 45.3 Å². The minimum Gasteiger partial charge on any atom is -0.445 e. The third kappa shape index (κ3) is 5.63. The van der Waals surface area contributed by atoms with Gasteiger partial charge in [0.1, 0.15) is 6.61 Å². The maximum Gasteiger partial charge on any atom is 0.410 e. The van der Waals surface area contributed by atoms with Crippen LogP contribution in [0.2, 0.25) is 0 Å². The smallest absolute Gasteiger partial charge is 0.410 e. The molecule has 0 N–H and O–H groups in total. The molecule has 3 rings (SSSR count). The number of nitrogens with zero attached hydrogens (tertiary/aromatic N) is 4. The Morgan fingerprint density at radius 3 is 2.31 bits per heavy atom. The van der Waals surface area contributed by atoms with E-state index in [0.29, 0.717) is 13.1 Å². The summed E-state index contributed by atoms with van der Waals surface area (Å²) in [6, 6.07) is 9.61. The molecule has 2 atom stereocenters. The molecule has 0 radical (unpaired) electrons. The number of carbonyl (C=O) groups excluding carboxylic acids is 2. The number of amides is 3. The second-order valence-electron chi connectivity index (χ2n) is 8.30. The average Bonchev–Trinajstić information content (AvgIpc) is 3.24. The third-order valence-electron chi connectivity index (χ3n) is 5.88. The molecule has 3 amide bonds. The van der Waals surface area contributed by atoms with Gasteiger partial charge in [-0.1, -0.05) is 30.3 Å². The van der Waals surface area contributed by atoms with Crippen LogP contribution in [0.1, 0.15) is 32.3 Å². The standard InChI is InChI=1S/C22H34N4O3/c1-18-15-25(22(28)29-17-20-9-5-4-6-10-20)16-19(2)26(18)21(27)23(3)13-14-24-11-7-8-12-24/h4-6,9-10,18-19H,7-8,11-17H2,1-3H3/t18-,19-/m0/s1. The molecule has 0 aliphatic carbocycles. The van der Waals surface area contributed by atoms with E-state index in [0.717, 1.165) is 31.7 Å². The molecular formula is C22H34N4O3. The quantitative estimate of drug-likeness (QED) is 0.760. The predicted molar refractivity (Wildman–Crippen MR) is 113 cm³/mol. The van der Waals surface area contributed by atoms with E-state index in [4.69, 9.17) is 4.74 Å². The number of rotatable bonds is 5. The summed E-state index contributed by atoms with van der Waals surface area (Å²) in [5.74, 6) is 0. The van der Waals surface area contributed by atoms with Crippen molar-refractivity contribution in [2.75, 3.05) is 46.3 Å². The molecule has 0 saturated carbocycles. The number of ether oxygens (including phenoxy) is 1. The molecule has 0 bridgehead atoms. The first-order valence-electron chi connectivity index (χ1n) is 10.7. The topological polar surface area (TPSA) is 56.3 Å². The van der Waals surface area contributed by atoms with Crippen LogP contribution in [0.3, 0.4) is 0 Å². The lowest BCUT2D eigenvalue weighted by atomic mass is 10.1. The number of urea groups is 1. The van der Waals surface area contributed by atoms with Gasteiger partial charge in [0.15, 0.2) is 0 Å². The Hall–Kier alpha value is -2.28. The van der Waals surface area contributed by atoms with Crippen molar-refractivity contribution < 1.29 is 14.3 Å². The van der Waals surface area contributed by atoms with Crippen molar-refractivity contribution in [3.8, 4) is 0 Å². The van der Waals surface area contributed by atoms with Gasteiger partial charge in [0.25, 0.3) is 0 Å². The number of hydrogen-bond acceptors (Lipinski definition) is 4. The number of benzene rings is 1. The summed E-state index contributed by atoms with van der Waals surface area (Å²) >= 11 is 0. The molecule has 0 unspecified atom stereocenters. The van der Waals surface area contributed by atoms with Crippen LogP contribution in [0.5, 0.6) is 0 Å². The fourth-order valence-corrected chi connectivity index (χ4v) is 4.25. The van der Waals surface area contributed by atoms with Gasteiger partial charge in [-0.2, -0.15) is 0 Å². The third-order valence-corrected chi connectivity index (χ3v) is 5.88. The van der Waals surface area contributed by atoms with Crippen molar-refractivity contribution in [1.82, 2.24) is 19.6 Å². The van der Waals surface area contributed by atoms with Crippen LogP contribution in [0.4, 0.5) is 9.59 Å².